The van der Waals surface area contributed by atoms with Crippen LogP contribution in [0.1, 0.15) is 22.5 Å². The molecule has 0 saturated heterocycles. The number of rotatable bonds is 8. The number of aryl methyl sites for hydroxylation is 1. The van der Waals surface area contributed by atoms with E-state index in [1.54, 1.807) is 19.2 Å². The number of benzene rings is 1. The first-order valence-corrected chi connectivity index (χ1v) is 8.18. The van der Waals surface area contributed by atoms with E-state index < -0.39 is 0 Å². The van der Waals surface area contributed by atoms with Crippen molar-refractivity contribution in [1.82, 2.24) is 15.1 Å². The van der Waals surface area contributed by atoms with E-state index >= 15 is 0 Å². The molecule has 1 heterocycles. The van der Waals surface area contributed by atoms with Gasteiger partial charge in [-0.15, -0.1) is 10.2 Å². The number of carbonyl (C=O) groups excluding carboxylic acids is 1. The van der Waals surface area contributed by atoms with Crippen molar-refractivity contribution < 1.29 is 9.53 Å². The Hall–Kier alpha value is -2.67. The predicted molar refractivity (Wildman–Crippen MR) is 99.4 cm³/mol. The van der Waals surface area contributed by atoms with Crippen LogP contribution < -0.4 is 15.4 Å². The van der Waals surface area contributed by atoms with Crippen molar-refractivity contribution in [2.45, 2.75) is 13.3 Å². The van der Waals surface area contributed by atoms with Crippen LogP contribution in [-0.4, -0.2) is 55.3 Å². The number of anilines is 2. The number of methoxy groups -OCH3 is 1. The number of hydrogen-bond donors (Lipinski definition) is 2. The average molecular weight is 343 g/mol. The number of nitrogens with one attached hydrogen (secondary N) is 2. The van der Waals surface area contributed by atoms with Gasteiger partial charge in [0.2, 0.25) is 0 Å². The largest absolute Gasteiger partial charge is 0.495 e. The zero-order chi connectivity index (χ0) is 18.2. The minimum atomic E-state index is -0.324. The summed E-state index contributed by atoms with van der Waals surface area (Å²) in [5.41, 5.74) is 1.89. The number of carbonyl (C=O) groups is 1. The molecule has 0 fully saturated rings. The lowest BCUT2D eigenvalue weighted by atomic mass is 10.2. The molecule has 7 nitrogen and oxygen atoms in total. The number of nitrogens with zero attached hydrogens (tertiary/aromatic N) is 3. The van der Waals surface area contributed by atoms with Gasteiger partial charge in [-0.2, -0.15) is 0 Å². The Morgan fingerprint density at radius 1 is 1.20 bits per heavy atom. The molecule has 134 valence electrons. The Balaban J connectivity index is 1.95. The second-order valence-electron chi connectivity index (χ2n) is 6.05. The van der Waals surface area contributed by atoms with Crippen molar-refractivity contribution in [3.63, 3.8) is 0 Å². The topological polar surface area (TPSA) is 79.4 Å². The molecule has 2 N–H and O–H groups in total. The van der Waals surface area contributed by atoms with Gasteiger partial charge < -0.3 is 20.3 Å². The molecular formula is C18H25N5O2. The maximum absolute atomic E-state index is 12.3. The molecule has 0 aliphatic carbocycles. The van der Waals surface area contributed by atoms with Crippen LogP contribution in [-0.2, 0) is 0 Å². The fraction of sp³-hybridized carbons (Fsp3) is 0.389. The highest BCUT2D eigenvalue weighted by atomic mass is 16.5. The Labute approximate surface area is 148 Å². The zero-order valence-corrected chi connectivity index (χ0v) is 15.2. The minimum Gasteiger partial charge on any atom is -0.495 e. The summed E-state index contributed by atoms with van der Waals surface area (Å²) in [6, 6.07) is 9.00. The first-order chi connectivity index (χ1) is 12.0. The van der Waals surface area contributed by atoms with Crippen molar-refractivity contribution in [3.8, 4) is 5.75 Å². The summed E-state index contributed by atoms with van der Waals surface area (Å²) in [6.07, 6.45) is 1.00. The summed E-state index contributed by atoms with van der Waals surface area (Å²) in [4.78, 5) is 14.5. The third-order valence-electron chi connectivity index (χ3n) is 3.59. The van der Waals surface area contributed by atoms with Crippen LogP contribution in [0, 0.1) is 6.92 Å². The third kappa shape index (κ3) is 5.72. The molecule has 1 amide bonds. The van der Waals surface area contributed by atoms with Gasteiger partial charge in [-0.1, -0.05) is 6.07 Å². The van der Waals surface area contributed by atoms with Crippen LogP contribution in [0.5, 0.6) is 5.75 Å². The Morgan fingerprint density at radius 2 is 2.00 bits per heavy atom. The van der Waals surface area contributed by atoms with Crippen LogP contribution >= 0.6 is 0 Å². The minimum absolute atomic E-state index is 0.252. The molecule has 2 rings (SSSR count). The molecule has 2 aromatic rings. The lowest BCUT2D eigenvalue weighted by molar-refractivity contribution is 0.102. The van der Waals surface area contributed by atoms with E-state index in [2.05, 4.69) is 25.7 Å². The maximum atomic E-state index is 12.3. The monoisotopic (exact) mass is 343 g/mol. The average Bonchev–Trinajstić information content (AvgIpc) is 2.59. The molecule has 0 aliphatic heterocycles. The van der Waals surface area contributed by atoms with E-state index in [1.165, 1.54) is 0 Å². The molecule has 0 spiro atoms. The first-order valence-electron chi connectivity index (χ1n) is 8.18. The molecular weight excluding hydrogens is 318 g/mol. The van der Waals surface area contributed by atoms with E-state index in [9.17, 15) is 4.79 Å². The summed E-state index contributed by atoms with van der Waals surface area (Å²) in [5, 5.41) is 14.0. The van der Waals surface area contributed by atoms with Gasteiger partial charge in [0.25, 0.3) is 5.91 Å². The fourth-order valence-corrected chi connectivity index (χ4v) is 2.27. The van der Waals surface area contributed by atoms with Crippen LogP contribution in [0.2, 0.25) is 0 Å². The van der Waals surface area contributed by atoms with Crippen LogP contribution in [0.15, 0.2) is 30.3 Å². The summed E-state index contributed by atoms with van der Waals surface area (Å²) < 4.78 is 5.26. The van der Waals surface area contributed by atoms with Gasteiger partial charge in [0.15, 0.2) is 5.69 Å². The van der Waals surface area contributed by atoms with Gasteiger partial charge >= 0.3 is 0 Å². The van der Waals surface area contributed by atoms with E-state index in [1.807, 2.05) is 39.2 Å². The number of ether oxygens (including phenoxy) is 1. The summed E-state index contributed by atoms with van der Waals surface area (Å²) in [6.45, 7) is 3.75. The van der Waals surface area contributed by atoms with Crippen LogP contribution in [0.3, 0.4) is 0 Å². The van der Waals surface area contributed by atoms with Crippen molar-refractivity contribution in [3.05, 3.63) is 41.6 Å². The van der Waals surface area contributed by atoms with Gasteiger partial charge in [0.1, 0.15) is 11.6 Å². The lowest BCUT2D eigenvalue weighted by Gasteiger charge is -2.11. The van der Waals surface area contributed by atoms with E-state index in [0.29, 0.717) is 17.3 Å². The highest BCUT2D eigenvalue weighted by molar-refractivity contribution is 6.03. The van der Waals surface area contributed by atoms with Crippen LogP contribution in [0.25, 0.3) is 0 Å². The molecule has 1 aromatic carbocycles. The van der Waals surface area contributed by atoms with Crippen molar-refractivity contribution in [2.75, 3.05) is 44.9 Å². The molecule has 1 aromatic heterocycles. The standard InChI is InChI=1S/C18H25N5O2/c1-13-6-8-16(25-4)15(12-13)20-18(24)14-7-9-17(22-21-14)19-10-5-11-23(2)3/h6-9,12H,5,10-11H2,1-4H3,(H,19,22)(H,20,24). The van der Waals surface area contributed by atoms with Crippen molar-refractivity contribution in [1.29, 1.82) is 0 Å². The normalized spacial score (nSPS) is 10.6. The fourth-order valence-electron chi connectivity index (χ4n) is 2.27. The molecule has 0 bridgehead atoms. The van der Waals surface area contributed by atoms with Gasteiger partial charge in [0, 0.05) is 6.54 Å². The Morgan fingerprint density at radius 3 is 2.64 bits per heavy atom. The lowest BCUT2D eigenvalue weighted by Crippen LogP contribution is -2.17. The van der Waals surface area contributed by atoms with Crippen molar-refractivity contribution in [2.24, 2.45) is 0 Å². The van der Waals surface area contributed by atoms with Crippen molar-refractivity contribution >= 4 is 17.4 Å². The van der Waals surface area contributed by atoms with E-state index in [0.717, 1.165) is 25.1 Å². The molecule has 0 radical (unpaired) electrons. The second-order valence-corrected chi connectivity index (χ2v) is 6.05. The smallest absolute Gasteiger partial charge is 0.276 e. The van der Waals surface area contributed by atoms with Gasteiger partial charge in [-0.25, -0.2) is 0 Å². The SMILES string of the molecule is COc1ccc(C)cc1NC(=O)c1ccc(NCCCN(C)C)nn1. The molecule has 0 atom stereocenters. The van der Waals surface area contributed by atoms with Gasteiger partial charge in [0.05, 0.1) is 12.8 Å². The Kier molecular flexibility index (Phi) is 6.71. The number of aromatic nitrogens is 2. The maximum Gasteiger partial charge on any atom is 0.276 e. The highest BCUT2D eigenvalue weighted by Gasteiger charge is 2.12. The quantitative estimate of drug-likeness (QED) is 0.717. The molecule has 7 heteroatoms. The summed E-state index contributed by atoms with van der Waals surface area (Å²) in [7, 11) is 5.64. The number of hydrogen-bond acceptors (Lipinski definition) is 6. The first kappa shape index (κ1) is 18.7. The molecule has 0 aliphatic rings. The number of amides is 1. The second kappa shape index (κ2) is 8.98. The third-order valence-corrected chi connectivity index (χ3v) is 3.59. The molecule has 0 saturated carbocycles. The Bertz CT molecular complexity index is 701. The predicted octanol–water partition coefficient (Wildman–Crippen LogP) is 2.41. The van der Waals surface area contributed by atoms with Crippen LogP contribution in [0.4, 0.5) is 11.5 Å². The molecule has 25 heavy (non-hydrogen) atoms. The highest BCUT2D eigenvalue weighted by Crippen LogP contribution is 2.25. The summed E-state index contributed by atoms with van der Waals surface area (Å²) >= 11 is 0. The van der Waals surface area contributed by atoms with Gasteiger partial charge in [-0.3, -0.25) is 4.79 Å². The van der Waals surface area contributed by atoms with E-state index in [4.69, 9.17) is 4.74 Å². The van der Waals surface area contributed by atoms with Gasteiger partial charge in [-0.05, 0) is 63.8 Å². The zero-order valence-electron chi connectivity index (χ0n) is 15.2. The summed E-state index contributed by atoms with van der Waals surface area (Å²) in [5.74, 6) is 0.935. The molecule has 0 unspecified atom stereocenters. The van der Waals surface area contributed by atoms with E-state index in [-0.39, 0.29) is 11.6 Å².